The first kappa shape index (κ1) is 98.7. The van der Waals surface area contributed by atoms with E-state index in [1.165, 1.54) is 64.2 Å². The molecular weight excluding hydrogens is 1350 g/mol. The smallest absolute Gasteiger partial charge is 0.462 e. The number of hydrogen-bond acceptors (Lipinski definition) is 15. The van der Waals surface area contributed by atoms with Gasteiger partial charge in [0, 0.05) is 25.7 Å². The monoisotopic (exact) mass is 1490 g/mol. The Labute approximate surface area is 629 Å². The summed E-state index contributed by atoms with van der Waals surface area (Å²) in [5.74, 6) is -2.34. The molecule has 19 heteroatoms. The molecule has 0 amide bonds. The molecule has 0 radical (unpaired) electrons. The molecule has 3 N–H and O–H groups in total. The van der Waals surface area contributed by atoms with Gasteiger partial charge in [-0.3, -0.25) is 37.3 Å². The minimum absolute atomic E-state index is 0.0215. The highest BCUT2D eigenvalue weighted by molar-refractivity contribution is 7.47. The predicted molar refractivity (Wildman–Crippen MR) is 427 cm³/mol. The lowest BCUT2D eigenvalue weighted by atomic mass is 10.0. The number of phosphoric acid groups is 2. The fourth-order valence-corrected chi connectivity index (χ4v) is 11.7. The molecule has 0 aliphatic rings. The van der Waals surface area contributed by atoms with Crippen molar-refractivity contribution in [1.82, 2.24) is 0 Å². The second-order valence-corrected chi connectivity index (χ2v) is 28.8. The Bertz CT molecular complexity index is 2590. The maximum absolute atomic E-state index is 13.1. The fourth-order valence-electron chi connectivity index (χ4n) is 10.1. The van der Waals surface area contributed by atoms with Crippen molar-refractivity contribution < 1.29 is 80.2 Å². The minimum Gasteiger partial charge on any atom is -0.462 e. The summed E-state index contributed by atoms with van der Waals surface area (Å²) in [6.45, 7) is 4.38. The van der Waals surface area contributed by atoms with Gasteiger partial charge in [-0.25, -0.2) is 9.13 Å². The third-order valence-corrected chi connectivity index (χ3v) is 17.9. The highest BCUT2D eigenvalue weighted by atomic mass is 31.2. The maximum atomic E-state index is 13.1. The van der Waals surface area contributed by atoms with Crippen LogP contribution in [-0.4, -0.2) is 96.7 Å². The van der Waals surface area contributed by atoms with Gasteiger partial charge < -0.3 is 33.8 Å². The fraction of sp³-hybridized carbons (Fsp3) is 0.647. The Morgan fingerprint density at radius 3 is 0.846 bits per heavy atom. The first-order valence-electron chi connectivity index (χ1n) is 39.7. The van der Waals surface area contributed by atoms with Crippen LogP contribution in [0.4, 0.5) is 0 Å². The van der Waals surface area contributed by atoms with Crippen molar-refractivity contribution in [1.29, 1.82) is 0 Å². The summed E-state index contributed by atoms with van der Waals surface area (Å²) in [5.41, 5.74) is 0. The van der Waals surface area contributed by atoms with E-state index < -0.39 is 97.5 Å². The number of aliphatic hydroxyl groups is 1. The number of unbranched alkanes of at least 4 members (excludes halogenated alkanes) is 21. The van der Waals surface area contributed by atoms with Crippen LogP contribution in [-0.2, 0) is 65.4 Å². The largest absolute Gasteiger partial charge is 0.472 e. The van der Waals surface area contributed by atoms with Crippen molar-refractivity contribution >= 4 is 39.5 Å². The average Bonchev–Trinajstić information content (AvgIpc) is 0.918. The zero-order valence-electron chi connectivity index (χ0n) is 64.6. The van der Waals surface area contributed by atoms with Gasteiger partial charge in [0.25, 0.3) is 0 Å². The molecule has 0 spiro atoms. The van der Waals surface area contributed by atoms with Crippen LogP contribution in [0.25, 0.3) is 0 Å². The van der Waals surface area contributed by atoms with E-state index in [0.717, 1.165) is 141 Å². The Hall–Kier alpha value is -5.32. The molecule has 0 heterocycles. The molecule has 104 heavy (non-hydrogen) atoms. The molecule has 0 saturated heterocycles. The summed E-state index contributed by atoms with van der Waals surface area (Å²) >= 11 is 0. The van der Waals surface area contributed by atoms with E-state index in [1.54, 1.807) is 0 Å². The van der Waals surface area contributed by atoms with Crippen LogP contribution in [0.5, 0.6) is 0 Å². The summed E-state index contributed by atoms with van der Waals surface area (Å²) in [6, 6.07) is 0. The van der Waals surface area contributed by atoms with Gasteiger partial charge in [0.2, 0.25) is 0 Å². The molecule has 0 aromatic carbocycles. The van der Waals surface area contributed by atoms with Crippen LogP contribution < -0.4 is 0 Å². The van der Waals surface area contributed by atoms with Crippen LogP contribution >= 0.6 is 15.6 Å². The van der Waals surface area contributed by atoms with Crippen molar-refractivity contribution in [2.24, 2.45) is 0 Å². The molecule has 17 nitrogen and oxygen atoms in total. The standard InChI is InChI=1S/C85H140O17P2/c1-5-9-13-17-21-25-29-33-37-38-39-40-44-46-50-54-58-62-66-70-83(88)96-76-81(102-85(90)72-68-64-60-56-52-48-43-36-32-28-24-20-16-12-8-4)78-100-104(93,94)98-74-79(86)73-97-103(91,92)99-77-80(101-84(89)71-67-63-59-55-51-47-42-35-31-27-23-19-15-11-7-3)75-95-82(87)69-65-61-57-53-49-45-41-34-30-26-22-18-14-10-6-2/h9-10,12-14,16,21-22,24-26,28,33-34,36-37,39-41,43,46,50,52,56,58,62,79-81,86H,5-8,11,15,17-20,23,27,29-32,35,38,42,44-45,47-49,51,53-55,57,59-61,63-78H2,1-4H3,(H,91,92)(H,93,94)/b13-9-,14-10-,16-12-,25-21-,26-22-,28-24-,37-33-,40-39-,41-34-,43-36-,50-46-,56-52-,62-58-. The highest BCUT2D eigenvalue weighted by Gasteiger charge is 2.30. The first-order valence-corrected chi connectivity index (χ1v) is 42.7. The SMILES string of the molecule is CC/C=C\C/C=C\C/C=C\C/C=C\C/C=C\C/C=C\CCC(=O)OCC(COP(=O)(O)OCC(O)COP(=O)(O)OCC(COC(=O)CCCCCCC/C=C\C/C=C\C/C=C\CC)OC(=O)CCCCCCCCCCCCCCCCC)OC(=O)CCCC/C=C\C/C=C\C/C=C\C/C=C\CC. The highest BCUT2D eigenvalue weighted by Crippen LogP contribution is 2.45. The van der Waals surface area contributed by atoms with E-state index in [9.17, 15) is 43.2 Å². The molecule has 0 bridgehead atoms. The van der Waals surface area contributed by atoms with Gasteiger partial charge in [-0.05, 0) is 135 Å². The molecule has 0 aromatic heterocycles. The summed E-state index contributed by atoms with van der Waals surface area (Å²) in [5, 5.41) is 10.6. The maximum Gasteiger partial charge on any atom is 0.472 e. The van der Waals surface area contributed by atoms with Crippen molar-refractivity contribution in [3.63, 3.8) is 0 Å². The van der Waals surface area contributed by atoms with Crippen LogP contribution in [0, 0.1) is 0 Å². The summed E-state index contributed by atoms with van der Waals surface area (Å²) in [4.78, 5) is 73.0. The summed E-state index contributed by atoms with van der Waals surface area (Å²) in [7, 11) is -10.0. The van der Waals surface area contributed by atoms with Gasteiger partial charge in [0.15, 0.2) is 12.2 Å². The molecule has 0 aliphatic heterocycles. The normalized spacial score (nSPS) is 14.7. The van der Waals surface area contributed by atoms with Gasteiger partial charge in [0.1, 0.15) is 19.3 Å². The lowest BCUT2D eigenvalue weighted by Crippen LogP contribution is -2.30. The Morgan fingerprint density at radius 2 is 0.519 bits per heavy atom. The topological polar surface area (TPSA) is 237 Å². The average molecular weight is 1500 g/mol. The second-order valence-electron chi connectivity index (χ2n) is 25.9. The minimum atomic E-state index is -5.01. The van der Waals surface area contributed by atoms with Gasteiger partial charge in [-0.1, -0.05) is 295 Å². The lowest BCUT2D eigenvalue weighted by Gasteiger charge is -2.21. The molecule has 0 aliphatic carbocycles. The van der Waals surface area contributed by atoms with Gasteiger partial charge in [-0.15, -0.1) is 0 Å². The Kier molecular flexibility index (Phi) is 72.0. The number of esters is 4. The summed E-state index contributed by atoms with van der Waals surface area (Å²) < 4.78 is 68.5. The van der Waals surface area contributed by atoms with E-state index >= 15 is 0 Å². The number of allylic oxidation sites excluding steroid dienone is 26. The Balaban J connectivity index is 5.47. The zero-order chi connectivity index (χ0) is 76.0. The van der Waals surface area contributed by atoms with Crippen molar-refractivity contribution in [2.75, 3.05) is 39.6 Å². The van der Waals surface area contributed by atoms with E-state index in [4.69, 9.17) is 37.0 Å². The van der Waals surface area contributed by atoms with Crippen LogP contribution in [0.3, 0.4) is 0 Å². The van der Waals surface area contributed by atoms with Crippen molar-refractivity contribution in [2.45, 2.75) is 316 Å². The first-order chi connectivity index (χ1) is 50.7. The molecule has 0 aromatic rings. The van der Waals surface area contributed by atoms with E-state index in [2.05, 4.69) is 167 Å². The number of hydrogen-bond donors (Lipinski definition) is 3. The molecule has 0 saturated carbocycles. The molecule has 5 unspecified atom stereocenters. The van der Waals surface area contributed by atoms with E-state index in [0.29, 0.717) is 38.5 Å². The number of rotatable bonds is 73. The third kappa shape index (κ3) is 74.9. The van der Waals surface area contributed by atoms with Crippen molar-refractivity contribution in [3.8, 4) is 0 Å². The van der Waals surface area contributed by atoms with Crippen LogP contribution in [0.1, 0.15) is 297 Å². The molecule has 592 valence electrons. The van der Waals surface area contributed by atoms with Gasteiger partial charge >= 0.3 is 39.5 Å². The zero-order valence-corrected chi connectivity index (χ0v) is 66.4. The Morgan fingerprint density at radius 1 is 0.279 bits per heavy atom. The number of ether oxygens (including phenoxy) is 4. The predicted octanol–water partition coefficient (Wildman–Crippen LogP) is 23.2. The summed E-state index contributed by atoms with van der Waals surface area (Å²) in [6.07, 6.45) is 88.2. The quantitative estimate of drug-likeness (QED) is 0.0169. The van der Waals surface area contributed by atoms with Crippen LogP contribution in [0.15, 0.2) is 158 Å². The van der Waals surface area contributed by atoms with Crippen LogP contribution in [0.2, 0.25) is 0 Å². The van der Waals surface area contributed by atoms with Crippen molar-refractivity contribution in [3.05, 3.63) is 158 Å². The molecule has 0 fully saturated rings. The number of phosphoric ester groups is 2. The van der Waals surface area contributed by atoms with E-state index in [1.807, 2.05) is 18.2 Å². The molecular formula is C85H140O17P2. The van der Waals surface area contributed by atoms with E-state index in [-0.39, 0.29) is 25.7 Å². The molecule has 5 atom stereocenters. The van der Waals surface area contributed by atoms with Gasteiger partial charge in [0.05, 0.1) is 26.4 Å². The number of carbonyl (C=O) groups excluding carboxylic acids is 4. The number of carbonyl (C=O) groups is 4. The number of aliphatic hydroxyl groups excluding tert-OH is 1. The molecule has 0 rings (SSSR count). The second kappa shape index (κ2) is 75.9. The lowest BCUT2D eigenvalue weighted by molar-refractivity contribution is -0.161. The van der Waals surface area contributed by atoms with Gasteiger partial charge in [-0.2, -0.15) is 0 Å². The third-order valence-electron chi connectivity index (χ3n) is 16.0.